The second-order valence-corrected chi connectivity index (χ2v) is 6.27. The molecule has 1 aliphatic carbocycles. The lowest BCUT2D eigenvalue weighted by Crippen LogP contribution is -2.42. The van der Waals surface area contributed by atoms with Crippen molar-refractivity contribution in [2.45, 2.75) is 44.2 Å². The van der Waals surface area contributed by atoms with Gasteiger partial charge in [-0.05, 0) is 32.1 Å². The molecule has 0 spiro atoms. The first-order valence-electron chi connectivity index (χ1n) is 8.11. The molecule has 1 heterocycles. The summed E-state index contributed by atoms with van der Waals surface area (Å²) in [5.74, 6) is -1.02. The summed E-state index contributed by atoms with van der Waals surface area (Å²) in [4.78, 5) is 12.1. The van der Waals surface area contributed by atoms with E-state index in [9.17, 15) is 13.6 Å². The number of hydrogen-bond acceptors (Lipinski definition) is 3. The second kappa shape index (κ2) is 7.25. The van der Waals surface area contributed by atoms with Gasteiger partial charge in [0.25, 0.3) is 0 Å². The van der Waals surface area contributed by atoms with Gasteiger partial charge in [-0.25, -0.2) is 8.78 Å². The van der Waals surface area contributed by atoms with Crippen molar-refractivity contribution in [3.63, 3.8) is 0 Å². The van der Waals surface area contributed by atoms with E-state index in [-0.39, 0.29) is 29.7 Å². The van der Waals surface area contributed by atoms with Gasteiger partial charge in [0, 0.05) is 30.8 Å². The van der Waals surface area contributed by atoms with Crippen molar-refractivity contribution in [2.75, 3.05) is 13.2 Å². The zero-order chi connectivity index (χ0) is 16.2. The van der Waals surface area contributed by atoms with Gasteiger partial charge in [0.1, 0.15) is 17.4 Å². The van der Waals surface area contributed by atoms with Gasteiger partial charge >= 0.3 is 0 Å². The fourth-order valence-electron chi connectivity index (χ4n) is 3.17. The molecule has 1 saturated carbocycles. The minimum atomic E-state index is -0.639. The summed E-state index contributed by atoms with van der Waals surface area (Å²) in [7, 11) is 0. The minimum absolute atomic E-state index is 0.0285. The molecule has 0 aromatic heterocycles. The zero-order valence-corrected chi connectivity index (χ0v) is 12.9. The highest BCUT2D eigenvalue weighted by Gasteiger charge is 2.28. The van der Waals surface area contributed by atoms with Gasteiger partial charge in [0.05, 0.1) is 18.6 Å². The lowest BCUT2D eigenvalue weighted by Gasteiger charge is -2.30. The van der Waals surface area contributed by atoms with Crippen molar-refractivity contribution in [3.05, 3.63) is 29.8 Å². The molecule has 1 aromatic carbocycles. The first-order chi connectivity index (χ1) is 11.1. The van der Waals surface area contributed by atoms with Crippen LogP contribution in [0, 0.1) is 17.6 Å². The van der Waals surface area contributed by atoms with Crippen LogP contribution in [0.4, 0.5) is 8.78 Å². The lowest BCUT2D eigenvalue weighted by molar-refractivity contribution is -0.126. The molecule has 6 heteroatoms. The standard InChI is InChI=1S/C17H21F2NO3/c18-12-7-13(19)9-16(8-12)23-15-3-1-14(2-4-15)20-17(21)11-5-6-22-10-11/h7-9,11,14-15H,1-6,10H2,(H,20,21). The number of ether oxygens (including phenoxy) is 2. The molecule has 0 bridgehead atoms. The second-order valence-electron chi connectivity index (χ2n) is 6.27. The predicted octanol–water partition coefficient (Wildman–Crippen LogP) is 2.81. The minimum Gasteiger partial charge on any atom is -0.490 e. The number of rotatable bonds is 4. The topological polar surface area (TPSA) is 47.6 Å². The Kier molecular flexibility index (Phi) is 5.10. The van der Waals surface area contributed by atoms with E-state index in [1.165, 1.54) is 12.1 Å². The molecule has 1 aliphatic heterocycles. The van der Waals surface area contributed by atoms with E-state index in [4.69, 9.17) is 9.47 Å². The number of benzene rings is 1. The van der Waals surface area contributed by atoms with E-state index in [0.717, 1.165) is 38.2 Å². The van der Waals surface area contributed by atoms with Crippen LogP contribution in [0.2, 0.25) is 0 Å². The first kappa shape index (κ1) is 16.2. The molecule has 1 N–H and O–H groups in total. The van der Waals surface area contributed by atoms with Crippen molar-refractivity contribution in [3.8, 4) is 5.75 Å². The van der Waals surface area contributed by atoms with Crippen molar-refractivity contribution in [1.29, 1.82) is 0 Å². The largest absolute Gasteiger partial charge is 0.490 e. The van der Waals surface area contributed by atoms with Gasteiger partial charge in [0.15, 0.2) is 0 Å². The van der Waals surface area contributed by atoms with Crippen LogP contribution in [0.15, 0.2) is 18.2 Å². The molecule has 1 saturated heterocycles. The zero-order valence-electron chi connectivity index (χ0n) is 12.9. The van der Waals surface area contributed by atoms with Crippen LogP contribution >= 0.6 is 0 Å². The summed E-state index contributed by atoms with van der Waals surface area (Å²) in [6.45, 7) is 1.16. The van der Waals surface area contributed by atoms with Crippen LogP contribution in [-0.2, 0) is 9.53 Å². The summed E-state index contributed by atoms with van der Waals surface area (Å²) in [6.07, 6.45) is 3.84. The summed E-state index contributed by atoms with van der Waals surface area (Å²) in [6, 6.07) is 3.35. The molecular weight excluding hydrogens is 304 g/mol. The third-order valence-electron chi connectivity index (χ3n) is 4.46. The quantitative estimate of drug-likeness (QED) is 0.926. The third-order valence-corrected chi connectivity index (χ3v) is 4.46. The number of amides is 1. The predicted molar refractivity (Wildman–Crippen MR) is 80.1 cm³/mol. The van der Waals surface area contributed by atoms with Crippen molar-refractivity contribution >= 4 is 5.91 Å². The normalized spacial score (nSPS) is 27.7. The molecule has 1 unspecified atom stereocenters. The van der Waals surface area contributed by atoms with Crippen LogP contribution in [-0.4, -0.2) is 31.3 Å². The van der Waals surface area contributed by atoms with Crippen LogP contribution < -0.4 is 10.1 Å². The van der Waals surface area contributed by atoms with E-state index in [0.29, 0.717) is 13.2 Å². The highest BCUT2D eigenvalue weighted by atomic mass is 19.1. The number of carbonyl (C=O) groups is 1. The van der Waals surface area contributed by atoms with E-state index < -0.39 is 11.6 Å². The number of hydrogen-bond donors (Lipinski definition) is 1. The fourth-order valence-corrected chi connectivity index (χ4v) is 3.17. The molecule has 3 rings (SSSR count). The third kappa shape index (κ3) is 4.41. The molecule has 1 amide bonds. The maximum Gasteiger partial charge on any atom is 0.225 e. The smallest absolute Gasteiger partial charge is 0.225 e. The number of nitrogens with one attached hydrogen (secondary N) is 1. The molecule has 2 aliphatic rings. The van der Waals surface area contributed by atoms with Crippen LogP contribution in [0.3, 0.4) is 0 Å². The molecule has 4 nitrogen and oxygen atoms in total. The lowest BCUT2D eigenvalue weighted by atomic mass is 9.92. The highest BCUT2D eigenvalue weighted by Crippen LogP contribution is 2.25. The van der Waals surface area contributed by atoms with E-state index in [2.05, 4.69) is 5.32 Å². The van der Waals surface area contributed by atoms with Crippen molar-refractivity contribution in [2.24, 2.45) is 5.92 Å². The Morgan fingerprint density at radius 3 is 2.39 bits per heavy atom. The maximum absolute atomic E-state index is 13.2. The van der Waals surface area contributed by atoms with Crippen LogP contribution in [0.25, 0.3) is 0 Å². The van der Waals surface area contributed by atoms with Gasteiger partial charge in [-0.3, -0.25) is 4.79 Å². The van der Waals surface area contributed by atoms with Crippen LogP contribution in [0.1, 0.15) is 32.1 Å². The van der Waals surface area contributed by atoms with E-state index in [1.807, 2.05) is 0 Å². The Labute approximate surface area is 134 Å². The molecule has 2 fully saturated rings. The maximum atomic E-state index is 13.2. The summed E-state index contributed by atoms with van der Waals surface area (Å²) >= 11 is 0. The van der Waals surface area contributed by atoms with E-state index in [1.54, 1.807) is 0 Å². The Morgan fingerprint density at radius 1 is 1.09 bits per heavy atom. The molecule has 1 atom stereocenters. The van der Waals surface area contributed by atoms with Gasteiger partial charge in [0.2, 0.25) is 5.91 Å². The Bertz CT molecular complexity index is 533. The van der Waals surface area contributed by atoms with Crippen molar-refractivity contribution < 1.29 is 23.0 Å². The molecule has 1 aromatic rings. The SMILES string of the molecule is O=C(NC1CCC(Oc2cc(F)cc(F)c2)CC1)C1CCOC1. The fraction of sp³-hybridized carbons (Fsp3) is 0.588. The highest BCUT2D eigenvalue weighted by molar-refractivity contribution is 5.79. The number of halogens is 2. The molecular formula is C17H21F2NO3. The summed E-state index contributed by atoms with van der Waals surface area (Å²) in [5, 5.41) is 3.07. The Morgan fingerprint density at radius 2 is 1.78 bits per heavy atom. The summed E-state index contributed by atoms with van der Waals surface area (Å²) in [5.41, 5.74) is 0. The van der Waals surface area contributed by atoms with Crippen molar-refractivity contribution in [1.82, 2.24) is 5.32 Å². The first-order valence-corrected chi connectivity index (χ1v) is 8.11. The summed E-state index contributed by atoms with van der Waals surface area (Å²) < 4.78 is 37.2. The van der Waals surface area contributed by atoms with Gasteiger partial charge in [-0.15, -0.1) is 0 Å². The Balaban J connectivity index is 1.45. The molecule has 0 radical (unpaired) electrons. The average molecular weight is 325 g/mol. The average Bonchev–Trinajstić information content (AvgIpc) is 3.02. The molecule has 23 heavy (non-hydrogen) atoms. The van der Waals surface area contributed by atoms with Gasteiger partial charge in [-0.2, -0.15) is 0 Å². The number of carbonyl (C=O) groups excluding carboxylic acids is 1. The molecule has 126 valence electrons. The van der Waals surface area contributed by atoms with Gasteiger partial charge in [-0.1, -0.05) is 0 Å². The monoisotopic (exact) mass is 325 g/mol. The van der Waals surface area contributed by atoms with Gasteiger partial charge < -0.3 is 14.8 Å². The van der Waals surface area contributed by atoms with Crippen LogP contribution in [0.5, 0.6) is 5.75 Å². The van der Waals surface area contributed by atoms with E-state index >= 15 is 0 Å². The Hall–Kier alpha value is -1.69.